The van der Waals surface area contributed by atoms with Gasteiger partial charge in [-0.2, -0.15) is 0 Å². The summed E-state index contributed by atoms with van der Waals surface area (Å²) < 4.78 is 5.12. The van der Waals surface area contributed by atoms with E-state index in [1.165, 1.54) is 6.39 Å². The molecule has 1 heterocycles. The van der Waals surface area contributed by atoms with Gasteiger partial charge in [-0.1, -0.05) is 19.1 Å². The van der Waals surface area contributed by atoms with Crippen LogP contribution in [0, 0.1) is 0 Å². The number of hydrogen-bond acceptors (Lipinski definition) is 4. The van der Waals surface area contributed by atoms with Gasteiger partial charge in [0.05, 0.1) is 12.1 Å². The van der Waals surface area contributed by atoms with Gasteiger partial charge in [-0.25, -0.2) is 4.98 Å². The topological polar surface area (TPSA) is 75.4 Å². The van der Waals surface area contributed by atoms with Crippen molar-refractivity contribution < 1.29 is 14.3 Å². The van der Waals surface area contributed by atoms with E-state index < -0.39 is 5.54 Å². The molecule has 0 fully saturated rings. The average molecular weight is 236 g/mol. The van der Waals surface area contributed by atoms with Crippen LogP contribution in [0.5, 0.6) is 0 Å². The van der Waals surface area contributed by atoms with E-state index in [1.807, 2.05) is 19.1 Å². The number of aliphatic hydroxyl groups excluding tert-OH is 1. The maximum atomic E-state index is 12.0. The Labute approximate surface area is 99.5 Å². The fourth-order valence-electron chi connectivity index (χ4n) is 1.98. The molecule has 0 unspecified atom stereocenters. The standard InChI is InChI=1S/C12H16N2O3/c1-2-9-10(13-8-17-9)11(16)14-12(7-15)5-3-4-6-12/h3-4,8,15H,2,5-7H2,1H3,(H,14,16). The number of hydrogen-bond donors (Lipinski definition) is 2. The normalized spacial score (nSPS) is 17.3. The van der Waals surface area contributed by atoms with E-state index >= 15 is 0 Å². The predicted octanol–water partition coefficient (Wildman–Crippen LogP) is 1.05. The van der Waals surface area contributed by atoms with Crippen molar-refractivity contribution in [2.75, 3.05) is 6.61 Å². The highest BCUT2D eigenvalue weighted by atomic mass is 16.3. The number of nitrogens with zero attached hydrogens (tertiary/aromatic N) is 1. The first-order chi connectivity index (χ1) is 8.21. The van der Waals surface area contributed by atoms with E-state index in [1.54, 1.807) is 0 Å². The maximum absolute atomic E-state index is 12.0. The quantitative estimate of drug-likeness (QED) is 0.766. The van der Waals surface area contributed by atoms with Crippen molar-refractivity contribution in [3.8, 4) is 0 Å². The molecule has 2 N–H and O–H groups in total. The molecule has 0 aliphatic heterocycles. The summed E-state index contributed by atoms with van der Waals surface area (Å²) in [5, 5.41) is 12.2. The SMILES string of the molecule is CCc1ocnc1C(=O)NC1(CO)CC=CC1. The number of carbonyl (C=O) groups is 1. The van der Waals surface area contributed by atoms with Gasteiger partial charge in [0.2, 0.25) is 0 Å². The van der Waals surface area contributed by atoms with E-state index in [9.17, 15) is 9.90 Å². The smallest absolute Gasteiger partial charge is 0.274 e. The number of amides is 1. The average Bonchev–Trinajstić information content (AvgIpc) is 2.97. The second-order valence-corrected chi connectivity index (χ2v) is 4.25. The van der Waals surface area contributed by atoms with Crippen LogP contribution in [0.15, 0.2) is 23.0 Å². The van der Waals surface area contributed by atoms with E-state index in [2.05, 4.69) is 10.3 Å². The summed E-state index contributed by atoms with van der Waals surface area (Å²) in [6.45, 7) is 1.82. The Bertz CT molecular complexity index is 429. The molecule has 1 aliphatic carbocycles. The van der Waals surface area contributed by atoms with Gasteiger partial charge >= 0.3 is 0 Å². The highest BCUT2D eigenvalue weighted by molar-refractivity contribution is 5.93. The predicted molar refractivity (Wildman–Crippen MR) is 61.5 cm³/mol. The molecular formula is C12H16N2O3. The Morgan fingerprint density at radius 3 is 2.88 bits per heavy atom. The molecule has 2 rings (SSSR count). The Kier molecular flexibility index (Phi) is 3.28. The highest BCUT2D eigenvalue weighted by Crippen LogP contribution is 2.23. The molecule has 0 aromatic carbocycles. The van der Waals surface area contributed by atoms with Crippen molar-refractivity contribution in [1.82, 2.24) is 10.3 Å². The van der Waals surface area contributed by atoms with Crippen LogP contribution in [0.4, 0.5) is 0 Å². The third kappa shape index (κ3) is 2.24. The highest BCUT2D eigenvalue weighted by Gasteiger charge is 2.33. The summed E-state index contributed by atoms with van der Waals surface area (Å²) in [4.78, 5) is 15.9. The van der Waals surface area contributed by atoms with Gasteiger partial charge < -0.3 is 14.8 Å². The number of nitrogens with one attached hydrogen (secondary N) is 1. The fraction of sp³-hybridized carbons (Fsp3) is 0.500. The molecule has 0 radical (unpaired) electrons. The first-order valence-electron chi connectivity index (χ1n) is 5.71. The second-order valence-electron chi connectivity index (χ2n) is 4.25. The number of aromatic nitrogens is 1. The first kappa shape index (κ1) is 11.9. The van der Waals surface area contributed by atoms with Gasteiger partial charge in [0, 0.05) is 6.42 Å². The minimum absolute atomic E-state index is 0.0783. The number of oxazole rings is 1. The van der Waals surface area contributed by atoms with Crippen LogP contribution >= 0.6 is 0 Å². The monoisotopic (exact) mass is 236 g/mol. The summed E-state index contributed by atoms with van der Waals surface area (Å²) in [7, 11) is 0. The molecule has 5 heteroatoms. The van der Waals surface area contributed by atoms with Crippen LogP contribution in [0.25, 0.3) is 0 Å². The van der Waals surface area contributed by atoms with Crippen molar-refractivity contribution in [3.05, 3.63) is 30.0 Å². The molecule has 0 bridgehead atoms. The summed E-state index contributed by atoms with van der Waals surface area (Å²) in [6, 6.07) is 0. The molecule has 1 aromatic heterocycles. The van der Waals surface area contributed by atoms with E-state index in [0.717, 1.165) is 0 Å². The van der Waals surface area contributed by atoms with Crippen LogP contribution in [0.1, 0.15) is 36.0 Å². The van der Waals surface area contributed by atoms with Crippen molar-refractivity contribution in [2.24, 2.45) is 0 Å². The van der Waals surface area contributed by atoms with Gasteiger partial charge in [-0.3, -0.25) is 4.79 Å². The van der Waals surface area contributed by atoms with Gasteiger partial charge in [-0.15, -0.1) is 0 Å². The molecule has 5 nitrogen and oxygen atoms in total. The zero-order valence-corrected chi connectivity index (χ0v) is 9.77. The Hall–Kier alpha value is -1.62. The molecule has 0 atom stereocenters. The van der Waals surface area contributed by atoms with Gasteiger partial charge in [0.25, 0.3) is 5.91 Å². The van der Waals surface area contributed by atoms with Crippen molar-refractivity contribution in [2.45, 2.75) is 31.7 Å². The van der Waals surface area contributed by atoms with Crippen molar-refractivity contribution in [1.29, 1.82) is 0 Å². The summed E-state index contributed by atoms with van der Waals surface area (Å²) in [5.74, 6) is 0.287. The zero-order valence-electron chi connectivity index (χ0n) is 9.77. The largest absolute Gasteiger partial charge is 0.448 e. The van der Waals surface area contributed by atoms with Gasteiger partial charge in [-0.05, 0) is 12.8 Å². The van der Waals surface area contributed by atoms with Crippen LogP contribution in [0.3, 0.4) is 0 Å². The van der Waals surface area contributed by atoms with Crippen LogP contribution in [-0.2, 0) is 6.42 Å². The molecule has 92 valence electrons. The van der Waals surface area contributed by atoms with E-state index in [4.69, 9.17) is 4.42 Å². The first-order valence-corrected chi connectivity index (χ1v) is 5.71. The Morgan fingerprint density at radius 1 is 1.59 bits per heavy atom. The summed E-state index contributed by atoms with van der Waals surface area (Å²) in [5.41, 5.74) is -0.256. The molecule has 1 aromatic rings. The molecule has 1 aliphatic rings. The lowest BCUT2D eigenvalue weighted by atomic mass is 9.97. The van der Waals surface area contributed by atoms with Crippen molar-refractivity contribution >= 4 is 5.91 Å². The minimum atomic E-state index is -0.568. The summed E-state index contributed by atoms with van der Waals surface area (Å²) >= 11 is 0. The maximum Gasteiger partial charge on any atom is 0.274 e. The molecular weight excluding hydrogens is 220 g/mol. The Balaban J connectivity index is 2.11. The molecule has 1 amide bonds. The van der Waals surface area contributed by atoms with E-state index in [-0.39, 0.29) is 12.5 Å². The van der Waals surface area contributed by atoms with Gasteiger partial charge in [0.15, 0.2) is 12.1 Å². The van der Waals surface area contributed by atoms with Gasteiger partial charge in [0.1, 0.15) is 5.76 Å². The lowest BCUT2D eigenvalue weighted by Crippen LogP contribution is -2.49. The number of aryl methyl sites for hydroxylation is 1. The van der Waals surface area contributed by atoms with Crippen molar-refractivity contribution in [3.63, 3.8) is 0 Å². The summed E-state index contributed by atoms with van der Waals surface area (Å²) in [6.07, 6.45) is 7.10. The molecule has 0 saturated heterocycles. The molecule has 17 heavy (non-hydrogen) atoms. The zero-order chi connectivity index (χ0) is 12.3. The molecule has 0 spiro atoms. The van der Waals surface area contributed by atoms with E-state index in [0.29, 0.717) is 30.7 Å². The van der Waals surface area contributed by atoms with Crippen LogP contribution < -0.4 is 5.32 Å². The number of aliphatic hydroxyl groups is 1. The second kappa shape index (κ2) is 4.71. The third-order valence-corrected chi connectivity index (χ3v) is 3.04. The fourth-order valence-corrected chi connectivity index (χ4v) is 1.98. The lowest BCUT2D eigenvalue weighted by Gasteiger charge is -2.27. The minimum Gasteiger partial charge on any atom is -0.448 e. The molecule has 0 saturated carbocycles. The number of rotatable bonds is 4. The van der Waals surface area contributed by atoms with Crippen LogP contribution in [0.2, 0.25) is 0 Å². The van der Waals surface area contributed by atoms with Crippen LogP contribution in [-0.4, -0.2) is 28.1 Å². The Morgan fingerprint density at radius 2 is 2.29 bits per heavy atom. The third-order valence-electron chi connectivity index (χ3n) is 3.04. The number of carbonyl (C=O) groups excluding carboxylic acids is 1. The lowest BCUT2D eigenvalue weighted by molar-refractivity contribution is 0.0839.